The van der Waals surface area contributed by atoms with Crippen LogP contribution in [0.2, 0.25) is 0 Å². The van der Waals surface area contributed by atoms with E-state index < -0.39 is 11.9 Å². The zero-order valence-corrected chi connectivity index (χ0v) is 15.5. The fourth-order valence-electron chi connectivity index (χ4n) is 3.38. The Bertz CT molecular complexity index is 973. The first-order valence-corrected chi connectivity index (χ1v) is 8.68. The van der Waals surface area contributed by atoms with Crippen LogP contribution in [-0.4, -0.2) is 28.7 Å². The van der Waals surface area contributed by atoms with Crippen molar-refractivity contribution in [3.63, 3.8) is 0 Å². The average molecular weight is 363 g/mol. The highest BCUT2D eigenvalue weighted by Crippen LogP contribution is 2.41. The van der Waals surface area contributed by atoms with Gasteiger partial charge in [-0.05, 0) is 25.0 Å². The van der Waals surface area contributed by atoms with E-state index in [9.17, 15) is 14.7 Å². The maximum Gasteiger partial charge on any atom is 0.353 e. The van der Waals surface area contributed by atoms with Gasteiger partial charge in [0, 0.05) is 11.6 Å². The molecule has 3 rings (SSSR count). The first-order valence-electron chi connectivity index (χ1n) is 8.68. The molecule has 2 aromatic carbocycles. The van der Waals surface area contributed by atoms with E-state index in [0.717, 1.165) is 11.1 Å². The number of methoxy groups -OCH3 is 1. The molecule has 1 aromatic heterocycles. The Hall–Kier alpha value is -3.34. The molecule has 0 fully saturated rings. The molecule has 138 valence electrons. The van der Waals surface area contributed by atoms with Crippen molar-refractivity contribution < 1.29 is 19.4 Å². The van der Waals surface area contributed by atoms with E-state index in [1.807, 2.05) is 74.5 Å². The van der Waals surface area contributed by atoms with Gasteiger partial charge in [-0.3, -0.25) is 0 Å². The minimum absolute atomic E-state index is 0.0606. The van der Waals surface area contributed by atoms with E-state index >= 15 is 0 Å². The summed E-state index contributed by atoms with van der Waals surface area (Å²) in [6.45, 7) is 3.80. The number of carbonyl (C=O) groups is 2. The van der Waals surface area contributed by atoms with Gasteiger partial charge in [-0.15, -0.1) is 0 Å². The van der Waals surface area contributed by atoms with Crippen molar-refractivity contribution in [2.24, 2.45) is 0 Å². The van der Waals surface area contributed by atoms with Crippen LogP contribution in [0.25, 0.3) is 22.4 Å². The third-order valence-electron chi connectivity index (χ3n) is 4.42. The Morgan fingerprint density at radius 3 is 1.89 bits per heavy atom. The summed E-state index contributed by atoms with van der Waals surface area (Å²) >= 11 is 0. The molecule has 0 aliphatic heterocycles. The fraction of sp³-hybridized carbons (Fsp3) is 0.182. The van der Waals surface area contributed by atoms with Crippen molar-refractivity contribution in [2.45, 2.75) is 19.9 Å². The number of hydrogen-bond donors (Lipinski definition) is 1. The second-order valence-electron chi connectivity index (χ2n) is 6.44. The predicted molar refractivity (Wildman–Crippen MR) is 104 cm³/mol. The van der Waals surface area contributed by atoms with Crippen LogP contribution >= 0.6 is 0 Å². The number of nitrogens with zero attached hydrogens (tertiary/aromatic N) is 1. The number of hydrogen-bond acceptors (Lipinski definition) is 3. The average Bonchev–Trinajstić information content (AvgIpc) is 3.05. The minimum Gasteiger partial charge on any atom is -0.477 e. The Labute approximate surface area is 157 Å². The second kappa shape index (κ2) is 7.50. The summed E-state index contributed by atoms with van der Waals surface area (Å²) in [6.07, 6.45) is 0. The Kier molecular flexibility index (Phi) is 5.12. The molecule has 0 atom stereocenters. The van der Waals surface area contributed by atoms with Gasteiger partial charge in [0.1, 0.15) is 11.3 Å². The highest BCUT2D eigenvalue weighted by Gasteiger charge is 2.33. The molecule has 0 saturated heterocycles. The zero-order chi connectivity index (χ0) is 19.6. The molecule has 5 nitrogen and oxygen atoms in total. The number of ether oxygens (including phenoxy) is 1. The van der Waals surface area contributed by atoms with Gasteiger partial charge in [-0.1, -0.05) is 60.7 Å². The summed E-state index contributed by atoms with van der Waals surface area (Å²) in [5, 5.41) is 9.94. The molecule has 3 aromatic rings. The largest absolute Gasteiger partial charge is 0.477 e. The number of rotatable bonds is 5. The van der Waals surface area contributed by atoms with Gasteiger partial charge >= 0.3 is 11.9 Å². The van der Waals surface area contributed by atoms with E-state index in [4.69, 9.17) is 4.74 Å². The number of benzene rings is 2. The van der Waals surface area contributed by atoms with Crippen LogP contribution in [0.4, 0.5) is 0 Å². The van der Waals surface area contributed by atoms with Gasteiger partial charge in [-0.2, -0.15) is 0 Å². The number of carboxylic acids is 1. The van der Waals surface area contributed by atoms with Crippen LogP contribution in [0.1, 0.15) is 40.7 Å². The van der Waals surface area contributed by atoms with Crippen molar-refractivity contribution in [1.29, 1.82) is 0 Å². The summed E-state index contributed by atoms with van der Waals surface area (Å²) in [4.78, 5) is 24.8. The molecule has 0 saturated carbocycles. The van der Waals surface area contributed by atoms with Crippen LogP contribution in [-0.2, 0) is 4.74 Å². The third kappa shape index (κ3) is 3.24. The molecular weight excluding hydrogens is 342 g/mol. The highest BCUT2D eigenvalue weighted by molar-refractivity contribution is 6.10. The van der Waals surface area contributed by atoms with Crippen LogP contribution < -0.4 is 0 Å². The summed E-state index contributed by atoms with van der Waals surface area (Å²) in [5.74, 6) is -1.83. The Morgan fingerprint density at radius 2 is 1.44 bits per heavy atom. The molecular formula is C22H21NO4. The first kappa shape index (κ1) is 18.5. The van der Waals surface area contributed by atoms with E-state index in [-0.39, 0.29) is 17.3 Å². The van der Waals surface area contributed by atoms with Gasteiger partial charge in [0.25, 0.3) is 0 Å². The Balaban J connectivity index is 2.54. The maximum absolute atomic E-state index is 12.7. The van der Waals surface area contributed by atoms with Crippen LogP contribution in [0, 0.1) is 0 Å². The number of aromatic carboxylic acids is 1. The van der Waals surface area contributed by atoms with Gasteiger partial charge in [0.05, 0.1) is 12.8 Å². The summed E-state index contributed by atoms with van der Waals surface area (Å²) in [6, 6.07) is 18.6. The predicted octanol–water partition coefficient (Wildman–Crippen LogP) is 4.89. The van der Waals surface area contributed by atoms with Gasteiger partial charge in [0.2, 0.25) is 0 Å². The quantitative estimate of drug-likeness (QED) is 0.656. The van der Waals surface area contributed by atoms with E-state index in [1.54, 1.807) is 4.57 Å². The van der Waals surface area contributed by atoms with Crippen molar-refractivity contribution in [2.75, 3.05) is 7.11 Å². The van der Waals surface area contributed by atoms with Crippen molar-refractivity contribution >= 4 is 11.9 Å². The highest BCUT2D eigenvalue weighted by atomic mass is 16.5. The normalized spacial score (nSPS) is 10.8. The summed E-state index contributed by atoms with van der Waals surface area (Å²) < 4.78 is 6.66. The minimum atomic E-state index is -1.16. The van der Waals surface area contributed by atoms with E-state index in [0.29, 0.717) is 11.3 Å². The monoisotopic (exact) mass is 363 g/mol. The lowest BCUT2D eigenvalue weighted by Gasteiger charge is -2.17. The molecule has 0 spiro atoms. The zero-order valence-electron chi connectivity index (χ0n) is 15.5. The molecule has 1 N–H and O–H groups in total. The molecule has 0 bridgehead atoms. The van der Waals surface area contributed by atoms with Crippen LogP contribution in [0.3, 0.4) is 0 Å². The van der Waals surface area contributed by atoms with Gasteiger partial charge < -0.3 is 14.4 Å². The lowest BCUT2D eigenvalue weighted by molar-refractivity contribution is 0.0580. The molecule has 0 aliphatic rings. The number of carbonyl (C=O) groups excluding carboxylic acids is 1. The van der Waals surface area contributed by atoms with E-state index in [1.165, 1.54) is 7.11 Å². The molecule has 1 heterocycles. The molecule has 0 radical (unpaired) electrons. The maximum atomic E-state index is 12.7. The second-order valence-corrected chi connectivity index (χ2v) is 6.44. The standard InChI is InChI=1S/C22H21NO4/c1-14(2)23-19(16-12-8-5-9-13-16)17(15-10-6-4-7-11-15)18(22(26)27-3)20(23)21(24)25/h4-14H,1-3H3,(H,24,25). The molecule has 0 amide bonds. The molecule has 5 heteroatoms. The van der Waals surface area contributed by atoms with Crippen LogP contribution in [0.15, 0.2) is 60.7 Å². The summed E-state index contributed by atoms with van der Waals surface area (Å²) in [7, 11) is 1.26. The number of esters is 1. The molecule has 27 heavy (non-hydrogen) atoms. The van der Waals surface area contributed by atoms with Gasteiger partial charge in [0.15, 0.2) is 0 Å². The van der Waals surface area contributed by atoms with Crippen molar-refractivity contribution in [3.05, 3.63) is 71.9 Å². The lowest BCUT2D eigenvalue weighted by Crippen LogP contribution is -2.15. The fourth-order valence-corrected chi connectivity index (χ4v) is 3.38. The Morgan fingerprint density at radius 1 is 0.926 bits per heavy atom. The lowest BCUT2D eigenvalue weighted by atomic mass is 9.97. The summed E-state index contributed by atoms with van der Waals surface area (Å²) in [5.41, 5.74) is 2.87. The SMILES string of the molecule is COC(=O)c1c(-c2ccccc2)c(-c2ccccc2)n(C(C)C)c1C(=O)O. The van der Waals surface area contributed by atoms with Crippen molar-refractivity contribution in [1.82, 2.24) is 4.57 Å². The van der Waals surface area contributed by atoms with Gasteiger partial charge in [-0.25, -0.2) is 9.59 Å². The third-order valence-corrected chi connectivity index (χ3v) is 4.42. The smallest absolute Gasteiger partial charge is 0.353 e. The van der Waals surface area contributed by atoms with Crippen molar-refractivity contribution in [3.8, 4) is 22.4 Å². The molecule has 0 aliphatic carbocycles. The number of aromatic nitrogens is 1. The topological polar surface area (TPSA) is 68.5 Å². The molecule has 0 unspecified atom stereocenters. The van der Waals surface area contributed by atoms with E-state index in [2.05, 4.69) is 0 Å². The first-order chi connectivity index (χ1) is 13.0. The number of carboxylic acid groups (broad SMARTS) is 1. The van der Waals surface area contributed by atoms with Crippen LogP contribution in [0.5, 0.6) is 0 Å².